The lowest BCUT2D eigenvalue weighted by Crippen LogP contribution is -2.68. The largest absolute Gasteiger partial charge is 0.481 e. The summed E-state index contributed by atoms with van der Waals surface area (Å²) in [5.41, 5.74) is 4.44. The van der Waals surface area contributed by atoms with Crippen LogP contribution in [0.4, 0.5) is 5.82 Å². The van der Waals surface area contributed by atoms with Gasteiger partial charge >= 0.3 is 0 Å². The number of nitrogens with zero attached hydrogens (tertiary/aromatic N) is 8. The first-order chi connectivity index (χ1) is 19.2. The van der Waals surface area contributed by atoms with E-state index in [0.717, 1.165) is 68.6 Å². The van der Waals surface area contributed by atoms with Crippen molar-refractivity contribution in [3.63, 3.8) is 0 Å². The van der Waals surface area contributed by atoms with Crippen molar-refractivity contribution in [1.82, 2.24) is 24.8 Å². The van der Waals surface area contributed by atoms with Crippen molar-refractivity contribution in [2.24, 2.45) is 11.0 Å². The second-order valence-electron chi connectivity index (χ2n) is 10.7. The number of fused-ring (bicyclic) bond motifs is 3. The lowest BCUT2D eigenvalue weighted by atomic mass is 9.86. The molecule has 0 aromatic carbocycles. The molecule has 0 N–H and O–H groups in total. The number of allylic oxidation sites excluding steroid dienone is 1. The maximum atomic E-state index is 9.79. The molecular formula is C29H32N8O2. The summed E-state index contributed by atoms with van der Waals surface area (Å²) in [7, 11) is 1.64. The van der Waals surface area contributed by atoms with Crippen LogP contribution in [0.5, 0.6) is 5.88 Å². The van der Waals surface area contributed by atoms with Crippen LogP contribution < -0.4 is 9.64 Å². The summed E-state index contributed by atoms with van der Waals surface area (Å²) in [5.74, 6) is 1.37. The molecule has 0 aliphatic carbocycles. The van der Waals surface area contributed by atoms with Crippen molar-refractivity contribution in [3.8, 4) is 11.9 Å². The average Bonchev–Trinajstić information content (AvgIpc) is 3.43. The minimum Gasteiger partial charge on any atom is -0.481 e. The number of rotatable bonds is 6. The maximum Gasteiger partial charge on any atom is 0.212 e. The fourth-order valence-electron chi connectivity index (χ4n) is 6.40. The summed E-state index contributed by atoms with van der Waals surface area (Å²) < 4.78 is 10.7. The molecule has 4 unspecified atom stereocenters. The Morgan fingerprint density at radius 1 is 1.05 bits per heavy atom. The Morgan fingerprint density at radius 2 is 1.90 bits per heavy atom. The van der Waals surface area contributed by atoms with E-state index in [2.05, 4.69) is 61.3 Å². The number of hydrogen-bond donors (Lipinski definition) is 0. The van der Waals surface area contributed by atoms with Crippen LogP contribution in [0, 0.1) is 17.2 Å². The minimum atomic E-state index is -0.292. The Hall–Kier alpha value is -3.94. The molecule has 0 spiro atoms. The van der Waals surface area contributed by atoms with Crippen LogP contribution in [0.15, 0.2) is 59.7 Å². The molecule has 0 saturated carbocycles. The predicted molar refractivity (Wildman–Crippen MR) is 147 cm³/mol. The van der Waals surface area contributed by atoms with Gasteiger partial charge in [0.1, 0.15) is 11.7 Å². The fraction of sp³-hybridized carbons (Fsp3) is 0.448. The van der Waals surface area contributed by atoms with Gasteiger partial charge in [0.2, 0.25) is 5.88 Å². The standard InChI is InChI=1S/C29H32N8O2/c1-38-28-5-2-20(13-32-28)16-36-24-10-25(36)18-35(17-24)27-4-3-21(14-31-27)26-11-23(34-6-8-39-9-7-34)19-37-29(26)22(12-30)15-33-37/h2-5,11,13-15,19,22,24-25,29H,6-10,16-18H2,1H3. The van der Waals surface area contributed by atoms with Crippen molar-refractivity contribution in [3.05, 3.63) is 65.8 Å². The second-order valence-corrected chi connectivity index (χ2v) is 10.7. The average molecular weight is 525 g/mol. The summed E-state index contributed by atoms with van der Waals surface area (Å²) in [4.78, 5) is 16.6. The van der Waals surface area contributed by atoms with E-state index in [4.69, 9.17) is 14.5 Å². The van der Waals surface area contributed by atoms with E-state index >= 15 is 0 Å². The summed E-state index contributed by atoms with van der Waals surface area (Å²) in [5, 5.41) is 16.3. The Balaban J connectivity index is 1.06. The predicted octanol–water partition coefficient (Wildman–Crippen LogP) is 2.33. The number of aromatic nitrogens is 2. The van der Waals surface area contributed by atoms with E-state index in [1.807, 2.05) is 23.5 Å². The molecule has 10 heteroatoms. The third-order valence-corrected chi connectivity index (χ3v) is 8.52. The van der Waals surface area contributed by atoms with Gasteiger partial charge < -0.3 is 19.3 Å². The molecule has 10 nitrogen and oxygen atoms in total. The maximum absolute atomic E-state index is 9.79. The van der Waals surface area contributed by atoms with Crippen LogP contribution in [-0.2, 0) is 11.3 Å². The highest BCUT2D eigenvalue weighted by atomic mass is 16.5. The van der Waals surface area contributed by atoms with E-state index < -0.39 is 0 Å². The number of ether oxygens (including phenoxy) is 2. The monoisotopic (exact) mass is 524 g/mol. The number of hydrogen-bond acceptors (Lipinski definition) is 10. The number of methoxy groups -OCH3 is 1. The molecular weight excluding hydrogens is 492 g/mol. The topological polar surface area (TPSA) is 93.3 Å². The van der Waals surface area contributed by atoms with Gasteiger partial charge in [0.15, 0.2) is 0 Å². The molecule has 8 heterocycles. The van der Waals surface area contributed by atoms with Crippen molar-refractivity contribution in [2.75, 3.05) is 51.4 Å². The summed E-state index contributed by atoms with van der Waals surface area (Å²) in [6.07, 6.45) is 11.1. The fourth-order valence-corrected chi connectivity index (χ4v) is 6.40. The third-order valence-electron chi connectivity index (χ3n) is 8.52. The number of pyridine rings is 2. The van der Waals surface area contributed by atoms with Crippen LogP contribution in [0.1, 0.15) is 17.5 Å². The Labute approximate surface area is 228 Å². The van der Waals surface area contributed by atoms with Crippen molar-refractivity contribution >= 4 is 17.6 Å². The van der Waals surface area contributed by atoms with Gasteiger partial charge in [0.25, 0.3) is 0 Å². The molecule has 8 rings (SSSR count). The second kappa shape index (κ2) is 9.98. The molecule has 0 amide bonds. The molecule has 6 aliphatic heterocycles. The molecule has 200 valence electrons. The Morgan fingerprint density at radius 3 is 2.59 bits per heavy atom. The number of hydrazone groups is 1. The van der Waals surface area contributed by atoms with Gasteiger partial charge in [-0.2, -0.15) is 10.4 Å². The smallest absolute Gasteiger partial charge is 0.212 e. The zero-order chi connectivity index (χ0) is 26.3. The molecule has 4 fully saturated rings. The Kier molecular flexibility index (Phi) is 6.18. The SMILES string of the molecule is COc1ccc(CN2C3CC2CN(c2ccc(C4=CC(N5CCOCC5)=CN5N=CC(C#N)C45)cn2)C3)cn1. The third kappa shape index (κ3) is 4.41. The van der Waals surface area contributed by atoms with Crippen molar-refractivity contribution in [1.29, 1.82) is 5.26 Å². The Bertz CT molecular complexity index is 1330. The lowest BCUT2D eigenvalue weighted by Gasteiger charge is -2.56. The first kappa shape index (κ1) is 24.1. The van der Waals surface area contributed by atoms with Crippen molar-refractivity contribution < 1.29 is 9.47 Å². The first-order valence-corrected chi connectivity index (χ1v) is 13.6. The van der Waals surface area contributed by atoms with Crippen LogP contribution >= 0.6 is 0 Å². The molecule has 39 heavy (non-hydrogen) atoms. The minimum absolute atomic E-state index is 0.129. The van der Waals surface area contributed by atoms with Gasteiger partial charge in [-0.15, -0.1) is 0 Å². The van der Waals surface area contributed by atoms with E-state index in [9.17, 15) is 5.26 Å². The van der Waals surface area contributed by atoms with E-state index in [1.165, 1.54) is 12.0 Å². The van der Waals surface area contributed by atoms with E-state index in [-0.39, 0.29) is 12.0 Å². The number of morpholine rings is 1. The van der Waals surface area contributed by atoms with Crippen LogP contribution in [0.3, 0.4) is 0 Å². The highest BCUT2D eigenvalue weighted by Gasteiger charge is 2.45. The lowest BCUT2D eigenvalue weighted by molar-refractivity contribution is -0.00877. The van der Waals surface area contributed by atoms with Crippen LogP contribution in [0.25, 0.3) is 5.57 Å². The van der Waals surface area contributed by atoms with Gasteiger partial charge in [0.05, 0.1) is 38.1 Å². The number of piperidine rings is 1. The highest BCUT2D eigenvalue weighted by Crippen LogP contribution is 2.38. The molecule has 0 radical (unpaired) electrons. The zero-order valence-corrected chi connectivity index (χ0v) is 22.1. The van der Waals surface area contributed by atoms with Crippen LogP contribution in [0.2, 0.25) is 0 Å². The van der Waals surface area contributed by atoms with Crippen LogP contribution in [-0.4, -0.2) is 95.6 Å². The van der Waals surface area contributed by atoms with Crippen molar-refractivity contribution in [2.45, 2.75) is 31.1 Å². The number of piperazine rings is 1. The quantitative estimate of drug-likeness (QED) is 0.564. The number of nitriles is 1. The molecule has 2 aromatic rings. The molecule has 4 atom stereocenters. The summed E-state index contributed by atoms with van der Waals surface area (Å²) >= 11 is 0. The van der Waals surface area contributed by atoms with E-state index in [1.54, 1.807) is 13.3 Å². The van der Waals surface area contributed by atoms with Gasteiger partial charge in [-0.1, -0.05) is 6.07 Å². The molecule has 6 aliphatic rings. The summed E-state index contributed by atoms with van der Waals surface area (Å²) in [6, 6.07) is 11.7. The normalized spacial score (nSPS) is 27.8. The molecule has 4 saturated heterocycles. The highest BCUT2D eigenvalue weighted by molar-refractivity contribution is 5.81. The van der Waals surface area contributed by atoms with Gasteiger partial charge in [-0.05, 0) is 41.3 Å². The molecule has 2 aromatic heterocycles. The molecule has 2 bridgehead atoms. The van der Waals surface area contributed by atoms with Gasteiger partial charge in [0, 0.05) is 75.7 Å². The number of anilines is 1. The summed E-state index contributed by atoms with van der Waals surface area (Å²) in [6.45, 7) is 5.99. The first-order valence-electron chi connectivity index (χ1n) is 13.6. The zero-order valence-electron chi connectivity index (χ0n) is 22.1. The van der Waals surface area contributed by atoms with Gasteiger partial charge in [-0.25, -0.2) is 9.97 Å². The van der Waals surface area contributed by atoms with E-state index in [0.29, 0.717) is 18.0 Å². The van der Waals surface area contributed by atoms with Gasteiger partial charge in [-0.3, -0.25) is 9.91 Å².